The van der Waals surface area contributed by atoms with Crippen LogP contribution in [0.4, 0.5) is 0 Å². The van der Waals surface area contributed by atoms with Crippen LogP contribution in [-0.4, -0.2) is 24.5 Å². The van der Waals surface area contributed by atoms with E-state index in [2.05, 4.69) is 15.2 Å². The van der Waals surface area contributed by atoms with E-state index in [4.69, 9.17) is 4.52 Å². The van der Waals surface area contributed by atoms with Gasteiger partial charge in [0, 0.05) is 24.9 Å². The van der Waals surface area contributed by atoms with Gasteiger partial charge in [0.1, 0.15) is 12.1 Å². The topological polar surface area (TPSA) is 78.7 Å². The van der Waals surface area contributed by atoms with Gasteiger partial charge in [-0.05, 0) is 18.6 Å². The second-order valence-electron chi connectivity index (χ2n) is 5.26. The van der Waals surface area contributed by atoms with Crippen molar-refractivity contribution in [3.63, 3.8) is 0 Å². The first-order valence-electron chi connectivity index (χ1n) is 7.07. The van der Waals surface area contributed by atoms with E-state index in [1.54, 1.807) is 23.9 Å². The van der Waals surface area contributed by atoms with Gasteiger partial charge in [0.05, 0.1) is 17.1 Å². The molecule has 23 heavy (non-hydrogen) atoms. The van der Waals surface area contributed by atoms with Crippen LogP contribution in [0.3, 0.4) is 0 Å². The van der Waals surface area contributed by atoms with E-state index in [9.17, 15) is 4.79 Å². The van der Waals surface area contributed by atoms with Gasteiger partial charge in [-0.2, -0.15) is 5.10 Å². The summed E-state index contributed by atoms with van der Waals surface area (Å²) in [4.78, 5) is 17.6. The standard InChI is InChI=1S/C16H13N5O2/c1-10-18-13-5-3-4-12(11-8-17-20(2)9-11)15(13)16(22)21(10)14-6-7-23-19-14/h3-9H,1-2H3. The molecule has 0 radical (unpaired) electrons. The number of fused-ring (bicyclic) bond motifs is 1. The summed E-state index contributed by atoms with van der Waals surface area (Å²) in [5.74, 6) is 0.975. The summed E-state index contributed by atoms with van der Waals surface area (Å²) in [7, 11) is 1.84. The van der Waals surface area contributed by atoms with Crippen molar-refractivity contribution in [3.05, 3.63) is 59.1 Å². The minimum atomic E-state index is -0.180. The Morgan fingerprint density at radius 3 is 2.78 bits per heavy atom. The van der Waals surface area contributed by atoms with Crippen LogP contribution in [0.2, 0.25) is 0 Å². The molecular formula is C16H13N5O2. The highest BCUT2D eigenvalue weighted by Gasteiger charge is 2.16. The van der Waals surface area contributed by atoms with Crippen molar-refractivity contribution in [2.75, 3.05) is 0 Å². The first-order chi connectivity index (χ1) is 11.1. The third-order valence-corrected chi connectivity index (χ3v) is 3.73. The van der Waals surface area contributed by atoms with Gasteiger partial charge in [0.2, 0.25) is 0 Å². The van der Waals surface area contributed by atoms with Gasteiger partial charge in [-0.25, -0.2) is 9.55 Å². The molecule has 0 aliphatic rings. The molecule has 0 spiro atoms. The van der Waals surface area contributed by atoms with Gasteiger partial charge in [-0.3, -0.25) is 9.48 Å². The molecule has 0 fully saturated rings. The number of benzene rings is 1. The lowest BCUT2D eigenvalue weighted by molar-refractivity contribution is 0.415. The Kier molecular flexibility index (Phi) is 2.87. The molecule has 7 heteroatoms. The lowest BCUT2D eigenvalue weighted by atomic mass is 10.0. The fourth-order valence-corrected chi connectivity index (χ4v) is 2.73. The molecule has 1 aromatic carbocycles. The van der Waals surface area contributed by atoms with E-state index in [1.165, 1.54) is 10.8 Å². The summed E-state index contributed by atoms with van der Waals surface area (Å²) < 4.78 is 8.01. The Bertz CT molecular complexity index is 1060. The number of rotatable bonds is 2. The number of hydrogen-bond acceptors (Lipinski definition) is 5. The van der Waals surface area contributed by atoms with Crippen molar-refractivity contribution in [1.82, 2.24) is 24.5 Å². The average molecular weight is 307 g/mol. The van der Waals surface area contributed by atoms with Gasteiger partial charge in [-0.15, -0.1) is 0 Å². The van der Waals surface area contributed by atoms with E-state index >= 15 is 0 Å². The zero-order valence-electron chi connectivity index (χ0n) is 12.6. The minimum absolute atomic E-state index is 0.180. The number of aromatic nitrogens is 5. The highest BCUT2D eigenvalue weighted by Crippen LogP contribution is 2.25. The van der Waals surface area contributed by atoms with Crippen LogP contribution in [-0.2, 0) is 7.05 Å². The highest BCUT2D eigenvalue weighted by atomic mass is 16.5. The molecule has 0 saturated carbocycles. The molecule has 4 aromatic rings. The second-order valence-corrected chi connectivity index (χ2v) is 5.26. The molecular weight excluding hydrogens is 294 g/mol. The van der Waals surface area contributed by atoms with E-state index in [0.717, 1.165) is 11.1 Å². The summed E-state index contributed by atoms with van der Waals surface area (Å²) in [5, 5.41) is 8.57. The maximum Gasteiger partial charge on any atom is 0.267 e. The van der Waals surface area contributed by atoms with E-state index in [1.807, 2.05) is 31.4 Å². The largest absolute Gasteiger partial charge is 0.363 e. The van der Waals surface area contributed by atoms with Crippen molar-refractivity contribution in [1.29, 1.82) is 0 Å². The first-order valence-corrected chi connectivity index (χ1v) is 7.07. The zero-order chi connectivity index (χ0) is 16.0. The molecule has 0 bridgehead atoms. The Balaban J connectivity index is 2.11. The lowest BCUT2D eigenvalue weighted by Gasteiger charge is -2.09. The number of hydrogen-bond donors (Lipinski definition) is 0. The van der Waals surface area contributed by atoms with E-state index in [0.29, 0.717) is 22.5 Å². The van der Waals surface area contributed by atoms with Crippen molar-refractivity contribution in [2.24, 2.45) is 7.05 Å². The quantitative estimate of drug-likeness (QED) is 0.566. The Labute approximate surface area is 130 Å². The predicted molar refractivity (Wildman–Crippen MR) is 84.3 cm³/mol. The normalized spacial score (nSPS) is 11.2. The van der Waals surface area contributed by atoms with Crippen LogP contribution < -0.4 is 5.56 Å². The van der Waals surface area contributed by atoms with Gasteiger partial charge < -0.3 is 4.52 Å². The van der Waals surface area contributed by atoms with Gasteiger partial charge in [0.15, 0.2) is 5.82 Å². The molecule has 7 nitrogen and oxygen atoms in total. The molecule has 4 rings (SSSR count). The van der Waals surface area contributed by atoms with Crippen LogP contribution in [0.1, 0.15) is 5.82 Å². The maximum atomic E-state index is 13.1. The molecule has 3 aromatic heterocycles. The summed E-state index contributed by atoms with van der Waals surface area (Å²) in [5.41, 5.74) is 2.13. The smallest absolute Gasteiger partial charge is 0.267 e. The monoisotopic (exact) mass is 307 g/mol. The van der Waals surface area contributed by atoms with Crippen molar-refractivity contribution >= 4 is 10.9 Å². The third-order valence-electron chi connectivity index (χ3n) is 3.73. The summed E-state index contributed by atoms with van der Waals surface area (Å²) in [6.07, 6.45) is 5.03. The van der Waals surface area contributed by atoms with Crippen molar-refractivity contribution in [2.45, 2.75) is 6.92 Å². The maximum absolute atomic E-state index is 13.1. The summed E-state index contributed by atoms with van der Waals surface area (Å²) in [6, 6.07) is 7.24. The molecule has 0 saturated heterocycles. The van der Waals surface area contributed by atoms with Gasteiger partial charge >= 0.3 is 0 Å². The van der Waals surface area contributed by atoms with Crippen LogP contribution >= 0.6 is 0 Å². The summed E-state index contributed by atoms with van der Waals surface area (Å²) in [6.45, 7) is 1.77. The summed E-state index contributed by atoms with van der Waals surface area (Å²) >= 11 is 0. The molecule has 0 aliphatic carbocycles. The molecule has 0 N–H and O–H groups in total. The number of aryl methyl sites for hydroxylation is 2. The Morgan fingerprint density at radius 2 is 2.09 bits per heavy atom. The third kappa shape index (κ3) is 2.05. The average Bonchev–Trinajstić information content (AvgIpc) is 3.18. The lowest BCUT2D eigenvalue weighted by Crippen LogP contribution is -2.23. The number of nitrogens with zero attached hydrogens (tertiary/aromatic N) is 5. The van der Waals surface area contributed by atoms with Crippen molar-refractivity contribution < 1.29 is 4.52 Å². The van der Waals surface area contributed by atoms with Crippen LogP contribution in [0.25, 0.3) is 27.8 Å². The Hall–Kier alpha value is -3.22. The molecule has 0 amide bonds. The SMILES string of the molecule is Cc1nc2cccc(-c3cnn(C)c3)c2c(=O)n1-c1ccon1. The molecule has 0 aliphatic heterocycles. The van der Waals surface area contributed by atoms with Gasteiger partial charge in [0.25, 0.3) is 5.56 Å². The fraction of sp³-hybridized carbons (Fsp3) is 0.125. The molecule has 0 atom stereocenters. The van der Waals surface area contributed by atoms with Gasteiger partial charge in [-0.1, -0.05) is 17.3 Å². The van der Waals surface area contributed by atoms with Crippen molar-refractivity contribution in [3.8, 4) is 16.9 Å². The van der Waals surface area contributed by atoms with E-state index in [-0.39, 0.29) is 5.56 Å². The predicted octanol–water partition coefficient (Wildman–Crippen LogP) is 2.08. The van der Waals surface area contributed by atoms with Crippen LogP contribution in [0.5, 0.6) is 0 Å². The van der Waals surface area contributed by atoms with Crippen LogP contribution in [0.15, 0.2) is 52.2 Å². The molecule has 114 valence electrons. The highest BCUT2D eigenvalue weighted by molar-refractivity contribution is 5.93. The minimum Gasteiger partial charge on any atom is -0.363 e. The fourth-order valence-electron chi connectivity index (χ4n) is 2.73. The molecule has 3 heterocycles. The van der Waals surface area contributed by atoms with Crippen LogP contribution in [0, 0.1) is 6.92 Å². The molecule has 0 unspecified atom stereocenters. The second kappa shape index (κ2) is 4.91. The van der Waals surface area contributed by atoms with E-state index < -0.39 is 0 Å². The first kappa shape index (κ1) is 13.4. The zero-order valence-corrected chi connectivity index (χ0v) is 12.6. The Morgan fingerprint density at radius 1 is 1.22 bits per heavy atom.